The molecule has 0 spiro atoms. The lowest BCUT2D eigenvalue weighted by Crippen LogP contribution is -2.01. The molecule has 19 heavy (non-hydrogen) atoms. The van der Waals surface area contributed by atoms with Gasteiger partial charge in [0.15, 0.2) is 0 Å². The summed E-state index contributed by atoms with van der Waals surface area (Å²) < 4.78 is 14.1. The molecular formula is C15H12BrFN2. The Bertz CT molecular complexity index is 721. The van der Waals surface area contributed by atoms with E-state index in [9.17, 15) is 4.39 Å². The van der Waals surface area contributed by atoms with Crippen molar-refractivity contribution < 1.29 is 4.39 Å². The monoisotopic (exact) mass is 318 g/mol. The van der Waals surface area contributed by atoms with E-state index in [1.54, 1.807) is 6.07 Å². The van der Waals surface area contributed by atoms with E-state index in [0.29, 0.717) is 6.54 Å². The predicted molar refractivity (Wildman–Crippen MR) is 79.7 cm³/mol. The van der Waals surface area contributed by atoms with E-state index in [1.165, 1.54) is 17.5 Å². The van der Waals surface area contributed by atoms with Crippen molar-refractivity contribution in [1.29, 1.82) is 0 Å². The Labute approximate surface area is 118 Å². The van der Waals surface area contributed by atoms with Crippen LogP contribution in [-0.4, -0.2) is 4.98 Å². The number of benzene rings is 2. The molecule has 0 aliphatic rings. The molecule has 0 atom stereocenters. The van der Waals surface area contributed by atoms with Crippen molar-refractivity contribution in [3.05, 3.63) is 64.5 Å². The van der Waals surface area contributed by atoms with Gasteiger partial charge in [-0.15, -0.1) is 0 Å². The first-order chi connectivity index (χ1) is 9.24. The quantitative estimate of drug-likeness (QED) is 0.721. The minimum Gasteiger partial charge on any atom is -0.380 e. The third kappa shape index (κ3) is 2.49. The zero-order valence-corrected chi connectivity index (χ0v) is 11.7. The van der Waals surface area contributed by atoms with E-state index in [2.05, 4.69) is 38.4 Å². The molecule has 3 rings (SSSR count). The molecule has 0 aliphatic heterocycles. The van der Waals surface area contributed by atoms with Crippen LogP contribution in [-0.2, 0) is 6.54 Å². The van der Waals surface area contributed by atoms with Gasteiger partial charge in [-0.1, -0.05) is 18.2 Å². The number of aromatic nitrogens is 1. The summed E-state index contributed by atoms with van der Waals surface area (Å²) >= 11 is 3.41. The molecule has 2 nitrogen and oxygen atoms in total. The van der Waals surface area contributed by atoms with Crippen molar-refractivity contribution in [2.45, 2.75) is 6.54 Å². The Morgan fingerprint density at radius 3 is 2.95 bits per heavy atom. The van der Waals surface area contributed by atoms with Gasteiger partial charge < -0.3 is 10.3 Å². The summed E-state index contributed by atoms with van der Waals surface area (Å²) in [7, 11) is 0. The first-order valence-electron chi connectivity index (χ1n) is 5.98. The van der Waals surface area contributed by atoms with Crippen LogP contribution in [0.2, 0.25) is 0 Å². The lowest BCUT2D eigenvalue weighted by atomic mass is 10.1. The van der Waals surface area contributed by atoms with E-state index < -0.39 is 0 Å². The average Bonchev–Trinajstić information content (AvgIpc) is 2.88. The number of hydrogen-bond donors (Lipinski definition) is 2. The third-order valence-corrected chi connectivity index (χ3v) is 3.76. The van der Waals surface area contributed by atoms with Crippen molar-refractivity contribution >= 4 is 32.5 Å². The van der Waals surface area contributed by atoms with Gasteiger partial charge in [-0.05, 0) is 51.1 Å². The molecule has 1 aromatic heterocycles. The molecule has 1 heterocycles. The fourth-order valence-electron chi connectivity index (χ4n) is 2.12. The maximum atomic E-state index is 13.2. The van der Waals surface area contributed by atoms with E-state index in [0.717, 1.165) is 21.2 Å². The van der Waals surface area contributed by atoms with Crippen LogP contribution < -0.4 is 5.32 Å². The lowest BCUT2D eigenvalue weighted by Gasteiger charge is -2.09. The number of hydrogen-bond acceptors (Lipinski definition) is 1. The fraction of sp³-hybridized carbons (Fsp3) is 0.0667. The minimum atomic E-state index is -0.246. The first-order valence-corrected chi connectivity index (χ1v) is 6.77. The second-order valence-electron chi connectivity index (χ2n) is 4.34. The molecular weight excluding hydrogens is 307 g/mol. The van der Waals surface area contributed by atoms with Crippen molar-refractivity contribution in [2.75, 3.05) is 5.32 Å². The molecule has 0 bridgehead atoms. The zero-order chi connectivity index (χ0) is 13.2. The number of aromatic amines is 1. The van der Waals surface area contributed by atoms with Crippen LogP contribution in [0.5, 0.6) is 0 Å². The fourth-order valence-corrected chi connectivity index (χ4v) is 2.51. The van der Waals surface area contributed by atoms with Gasteiger partial charge in [-0.3, -0.25) is 0 Å². The Morgan fingerprint density at radius 1 is 1.16 bits per heavy atom. The van der Waals surface area contributed by atoms with Crippen LogP contribution in [0.3, 0.4) is 0 Å². The predicted octanol–water partition coefficient (Wildman–Crippen LogP) is 4.68. The molecule has 96 valence electrons. The Kier molecular flexibility index (Phi) is 3.25. The van der Waals surface area contributed by atoms with Crippen LogP contribution in [0.25, 0.3) is 10.9 Å². The Balaban J connectivity index is 1.86. The summed E-state index contributed by atoms with van der Waals surface area (Å²) in [6, 6.07) is 12.8. The molecule has 0 aliphatic carbocycles. The number of H-pyrrole nitrogens is 1. The second-order valence-corrected chi connectivity index (χ2v) is 5.19. The number of halogens is 2. The topological polar surface area (TPSA) is 27.8 Å². The van der Waals surface area contributed by atoms with Crippen molar-refractivity contribution in [1.82, 2.24) is 4.98 Å². The average molecular weight is 319 g/mol. The van der Waals surface area contributed by atoms with Gasteiger partial charge in [0.25, 0.3) is 0 Å². The van der Waals surface area contributed by atoms with Gasteiger partial charge >= 0.3 is 0 Å². The largest absolute Gasteiger partial charge is 0.380 e. The Hall–Kier alpha value is -1.81. The highest BCUT2D eigenvalue weighted by atomic mass is 79.9. The summed E-state index contributed by atoms with van der Waals surface area (Å²) in [5.74, 6) is -0.246. The molecule has 0 radical (unpaired) electrons. The number of fused-ring (bicyclic) bond motifs is 1. The maximum absolute atomic E-state index is 13.2. The standard InChI is InChI=1S/C15H12BrFN2/c16-13-5-4-12(17)8-14(13)19-9-11-3-1-2-10-6-7-18-15(10)11/h1-8,18-19H,9H2. The summed E-state index contributed by atoms with van der Waals surface area (Å²) in [5, 5.41) is 4.42. The molecule has 4 heteroatoms. The first kappa shape index (κ1) is 12.2. The molecule has 2 aromatic carbocycles. The van der Waals surface area contributed by atoms with Gasteiger partial charge in [-0.25, -0.2) is 4.39 Å². The highest BCUT2D eigenvalue weighted by Gasteiger charge is 2.04. The summed E-state index contributed by atoms with van der Waals surface area (Å²) in [5.41, 5.74) is 3.02. The molecule has 0 fully saturated rings. The highest BCUT2D eigenvalue weighted by molar-refractivity contribution is 9.10. The van der Waals surface area contributed by atoms with E-state index in [4.69, 9.17) is 0 Å². The molecule has 3 aromatic rings. The summed E-state index contributed by atoms with van der Waals surface area (Å²) in [6.07, 6.45) is 1.92. The zero-order valence-electron chi connectivity index (χ0n) is 10.1. The van der Waals surface area contributed by atoms with Crippen LogP contribution in [0.4, 0.5) is 10.1 Å². The SMILES string of the molecule is Fc1ccc(Br)c(NCc2cccc3cc[nH]c23)c1. The van der Waals surface area contributed by atoms with E-state index >= 15 is 0 Å². The molecule has 0 amide bonds. The van der Waals surface area contributed by atoms with Crippen molar-refractivity contribution in [3.8, 4) is 0 Å². The van der Waals surface area contributed by atoms with Gasteiger partial charge in [0.1, 0.15) is 5.82 Å². The minimum absolute atomic E-state index is 0.246. The van der Waals surface area contributed by atoms with Crippen LogP contribution in [0.1, 0.15) is 5.56 Å². The van der Waals surface area contributed by atoms with Gasteiger partial charge in [-0.2, -0.15) is 0 Å². The number of para-hydroxylation sites is 1. The normalized spacial score (nSPS) is 10.8. The molecule has 2 N–H and O–H groups in total. The maximum Gasteiger partial charge on any atom is 0.125 e. The second kappa shape index (κ2) is 5.05. The van der Waals surface area contributed by atoms with Crippen molar-refractivity contribution in [3.63, 3.8) is 0 Å². The highest BCUT2D eigenvalue weighted by Crippen LogP contribution is 2.24. The van der Waals surface area contributed by atoms with E-state index in [1.807, 2.05) is 18.3 Å². The number of anilines is 1. The van der Waals surface area contributed by atoms with Crippen molar-refractivity contribution in [2.24, 2.45) is 0 Å². The van der Waals surface area contributed by atoms with Gasteiger partial charge in [0.05, 0.1) is 11.2 Å². The Morgan fingerprint density at radius 2 is 2.05 bits per heavy atom. The van der Waals surface area contributed by atoms with Crippen LogP contribution >= 0.6 is 15.9 Å². The smallest absolute Gasteiger partial charge is 0.125 e. The summed E-state index contributed by atoms with van der Waals surface area (Å²) in [4.78, 5) is 3.22. The van der Waals surface area contributed by atoms with Crippen LogP contribution in [0.15, 0.2) is 53.1 Å². The van der Waals surface area contributed by atoms with Crippen LogP contribution in [0, 0.1) is 5.82 Å². The van der Waals surface area contributed by atoms with E-state index in [-0.39, 0.29) is 5.82 Å². The van der Waals surface area contributed by atoms with Gasteiger partial charge in [0.2, 0.25) is 0 Å². The number of rotatable bonds is 3. The molecule has 0 unspecified atom stereocenters. The summed E-state index contributed by atoms with van der Waals surface area (Å²) in [6.45, 7) is 0.639. The molecule has 0 saturated heterocycles. The molecule has 0 saturated carbocycles. The number of nitrogens with one attached hydrogen (secondary N) is 2. The van der Waals surface area contributed by atoms with Gasteiger partial charge in [0, 0.05) is 17.2 Å². The third-order valence-electron chi connectivity index (χ3n) is 3.07. The lowest BCUT2D eigenvalue weighted by molar-refractivity contribution is 0.628.